The van der Waals surface area contributed by atoms with Gasteiger partial charge in [-0.3, -0.25) is 9.59 Å². The SMILES string of the molecule is CC(=O)N/C(=C\c1ccccc1)C(=O)NC1CCCC1. The minimum atomic E-state index is -0.242. The summed E-state index contributed by atoms with van der Waals surface area (Å²) in [6, 6.07) is 9.72. The lowest BCUT2D eigenvalue weighted by molar-refractivity contribution is -0.122. The Labute approximate surface area is 119 Å². The maximum absolute atomic E-state index is 12.2. The molecule has 2 amide bonds. The van der Waals surface area contributed by atoms with Crippen molar-refractivity contribution in [2.24, 2.45) is 0 Å². The van der Waals surface area contributed by atoms with Gasteiger partial charge in [-0.2, -0.15) is 0 Å². The van der Waals surface area contributed by atoms with Gasteiger partial charge in [0.2, 0.25) is 5.91 Å². The van der Waals surface area contributed by atoms with E-state index >= 15 is 0 Å². The average molecular weight is 272 g/mol. The van der Waals surface area contributed by atoms with Crippen molar-refractivity contribution in [3.05, 3.63) is 41.6 Å². The van der Waals surface area contributed by atoms with Crippen LogP contribution >= 0.6 is 0 Å². The predicted octanol–water partition coefficient (Wildman–Crippen LogP) is 2.22. The van der Waals surface area contributed by atoms with Crippen LogP contribution in [0.2, 0.25) is 0 Å². The zero-order valence-electron chi connectivity index (χ0n) is 11.7. The van der Waals surface area contributed by atoms with Gasteiger partial charge >= 0.3 is 0 Å². The molecule has 4 heteroatoms. The monoisotopic (exact) mass is 272 g/mol. The van der Waals surface area contributed by atoms with Crippen LogP contribution in [0.5, 0.6) is 0 Å². The third-order valence-electron chi connectivity index (χ3n) is 3.36. The molecule has 0 spiro atoms. The van der Waals surface area contributed by atoms with Gasteiger partial charge in [0.1, 0.15) is 5.70 Å². The van der Waals surface area contributed by atoms with Crippen molar-refractivity contribution in [1.82, 2.24) is 10.6 Å². The van der Waals surface area contributed by atoms with E-state index in [0.717, 1.165) is 31.2 Å². The first-order chi connectivity index (χ1) is 9.65. The molecule has 0 heterocycles. The molecule has 0 bridgehead atoms. The number of amides is 2. The molecule has 0 unspecified atom stereocenters. The Kier molecular flexibility index (Phi) is 4.93. The summed E-state index contributed by atoms with van der Waals surface area (Å²) in [5.41, 5.74) is 1.19. The highest BCUT2D eigenvalue weighted by molar-refractivity contribution is 6.01. The second-order valence-corrected chi connectivity index (χ2v) is 5.10. The van der Waals surface area contributed by atoms with Crippen LogP contribution in [-0.4, -0.2) is 17.9 Å². The van der Waals surface area contributed by atoms with Crippen molar-refractivity contribution in [2.45, 2.75) is 38.6 Å². The Balaban J connectivity index is 2.11. The van der Waals surface area contributed by atoms with Gasteiger partial charge in [0.05, 0.1) is 0 Å². The fourth-order valence-electron chi connectivity index (χ4n) is 2.40. The van der Waals surface area contributed by atoms with Gasteiger partial charge < -0.3 is 10.6 Å². The van der Waals surface area contributed by atoms with Crippen LogP contribution in [0.1, 0.15) is 38.2 Å². The van der Waals surface area contributed by atoms with Crippen LogP contribution in [0.3, 0.4) is 0 Å². The molecule has 106 valence electrons. The molecule has 1 aliphatic carbocycles. The lowest BCUT2D eigenvalue weighted by Crippen LogP contribution is -2.38. The fourth-order valence-corrected chi connectivity index (χ4v) is 2.40. The van der Waals surface area contributed by atoms with Gasteiger partial charge in [-0.05, 0) is 24.5 Å². The first-order valence-corrected chi connectivity index (χ1v) is 7.00. The molecular weight excluding hydrogens is 252 g/mol. The van der Waals surface area contributed by atoms with Crippen molar-refractivity contribution in [3.63, 3.8) is 0 Å². The fraction of sp³-hybridized carbons (Fsp3) is 0.375. The molecule has 1 aromatic carbocycles. The summed E-state index contributed by atoms with van der Waals surface area (Å²) in [6.07, 6.45) is 6.05. The molecule has 0 radical (unpaired) electrons. The number of rotatable bonds is 4. The zero-order valence-corrected chi connectivity index (χ0v) is 11.7. The molecule has 0 saturated heterocycles. The largest absolute Gasteiger partial charge is 0.348 e. The van der Waals surface area contributed by atoms with Crippen LogP contribution < -0.4 is 10.6 Å². The van der Waals surface area contributed by atoms with Crippen molar-refractivity contribution in [1.29, 1.82) is 0 Å². The standard InChI is InChI=1S/C16H20N2O2/c1-12(19)17-15(11-13-7-3-2-4-8-13)16(20)18-14-9-5-6-10-14/h2-4,7-8,11,14H,5-6,9-10H2,1H3,(H,17,19)(H,18,20)/b15-11-. The molecule has 2 rings (SSSR count). The summed E-state index contributed by atoms with van der Waals surface area (Å²) in [6.45, 7) is 1.40. The van der Waals surface area contributed by atoms with Crippen molar-refractivity contribution in [2.75, 3.05) is 0 Å². The van der Waals surface area contributed by atoms with Crippen LogP contribution in [-0.2, 0) is 9.59 Å². The zero-order chi connectivity index (χ0) is 14.4. The van der Waals surface area contributed by atoms with Crippen LogP contribution in [0.4, 0.5) is 0 Å². The topological polar surface area (TPSA) is 58.2 Å². The van der Waals surface area contributed by atoms with Gasteiger partial charge in [0.25, 0.3) is 5.91 Å². The van der Waals surface area contributed by atoms with Crippen LogP contribution in [0, 0.1) is 0 Å². The van der Waals surface area contributed by atoms with Gasteiger partial charge in [-0.25, -0.2) is 0 Å². The molecular formula is C16H20N2O2. The maximum atomic E-state index is 12.2. The van der Waals surface area contributed by atoms with E-state index in [9.17, 15) is 9.59 Å². The third kappa shape index (κ3) is 4.23. The van der Waals surface area contributed by atoms with E-state index in [2.05, 4.69) is 10.6 Å². The van der Waals surface area contributed by atoms with E-state index in [1.807, 2.05) is 30.3 Å². The first-order valence-electron chi connectivity index (χ1n) is 7.00. The highest BCUT2D eigenvalue weighted by atomic mass is 16.2. The smallest absolute Gasteiger partial charge is 0.268 e. The van der Waals surface area contributed by atoms with Crippen molar-refractivity contribution < 1.29 is 9.59 Å². The van der Waals surface area contributed by atoms with E-state index in [0.29, 0.717) is 5.70 Å². The molecule has 1 aromatic rings. The van der Waals surface area contributed by atoms with E-state index in [1.165, 1.54) is 6.92 Å². The number of carbonyl (C=O) groups is 2. The molecule has 1 saturated carbocycles. The molecule has 20 heavy (non-hydrogen) atoms. The molecule has 2 N–H and O–H groups in total. The summed E-state index contributed by atoms with van der Waals surface area (Å²) in [7, 11) is 0. The quantitative estimate of drug-likeness (QED) is 0.826. The van der Waals surface area contributed by atoms with E-state index in [4.69, 9.17) is 0 Å². The third-order valence-corrected chi connectivity index (χ3v) is 3.36. The second kappa shape index (κ2) is 6.89. The van der Waals surface area contributed by atoms with Gasteiger partial charge in [0.15, 0.2) is 0 Å². The maximum Gasteiger partial charge on any atom is 0.268 e. The first kappa shape index (κ1) is 14.3. The number of benzene rings is 1. The van der Waals surface area contributed by atoms with Crippen LogP contribution in [0.25, 0.3) is 6.08 Å². The average Bonchev–Trinajstić information content (AvgIpc) is 2.91. The number of hydrogen-bond donors (Lipinski definition) is 2. The lowest BCUT2D eigenvalue weighted by Gasteiger charge is -2.14. The Morgan fingerprint density at radius 2 is 1.80 bits per heavy atom. The Morgan fingerprint density at radius 3 is 2.40 bits per heavy atom. The molecule has 1 fully saturated rings. The van der Waals surface area contributed by atoms with E-state index in [-0.39, 0.29) is 17.9 Å². The minimum Gasteiger partial charge on any atom is -0.348 e. The normalized spacial score (nSPS) is 15.9. The molecule has 0 atom stereocenters. The Bertz CT molecular complexity index is 502. The number of hydrogen-bond acceptors (Lipinski definition) is 2. The Morgan fingerprint density at radius 1 is 1.15 bits per heavy atom. The van der Waals surface area contributed by atoms with E-state index in [1.54, 1.807) is 6.08 Å². The second-order valence-electron chi connectivity index (χ2n) is 5.10. The summed E-state index contributed by atoms with van der Waals surface area (Å²) in [4.78, 5) is 23.5. The van der Waals surface area contributed by atoms with Crippen molar-refractivity contribution in [3.8, 4) is 0 Å². The summed E-state index contributed by atoms with van der Waals surface area (Å²) in [5, 5.41) is 5.59. The predicted molar refractivity (Wildman–Crippen MR) is 78.6 cm³/mol. The van der Waals surface area contributed by atoms with E-state index < -0.39 is 0 Å². The highest BCUT2D eigenvalue weighted by Gasteiger charge is 2.19. The molecule has 1 aliphatic rings. The highest BCUT2D eigenvalue weighted by Crippen LogP contribution is 2.18. The molecule has 0 aromatic heterocycles. The summed E-state index contributed by atoms with van der Waals surface area (Å²) in [5.74, 6) is -0.454. The van der Waals surface area contributed by atoms with Crippen LogP contribution in [0.15, 0.2) is 36.0 Å². The minimum absolute atomic E-state index is 0.212. The molecule has 0 aliphatic heterocycles. The van der Waals surface area contributed by atoms with Gasteiger partial charge in [-0.15, -0.1) is 0 Å². The van der Waals surface area contributed by atoms with Gasteiger partial charge in [0, 0.05) is 13.0 Å². The summed E-state index contributed by atoms with van der Waals surface area (Å²) < 4.78 is 0. The van der Waals surface area contributed by atoms with Gasteiger partial charge in [-0.1, -0.05) is 43.2 Å². The number of nitrogens with one attached hydrogen (secondary N) is 2. The lowest BCUT2D eigenvalue weighted by atomic mass is 10.1. The summed E-state index contributed by atoms with van der Waals surface area (Å²) >= 11 is 0. The number of carbonyl (C=O) groups excluding carboxylic acids is 2. The molecule has 4 nitrogen and oxygen atoms in total. The Hall–Kier alpha value is -2.10. The van der Waals surface area contributed by atoms with Crippen molar-refractivity contribution >= 4 is 17.9 Å².